The highest BCUT2D eigenvalue weighted by atomic mass is 19.4. The number of aromatic nitrogens is 2. The maximum atomic E-state index is 13.0. The number of para-hydroxylation sites is 2. The Labute approximate surface area is 182 Å². The summed E-state index contributed by atoms with van der Waals surface area (Å²) in [5, 5.41) is 2.23. The molecule has 3 rings (SSSR count). The molecular weight excluding hydrogens is 454 g/mol. The molecule has 0 fully saturated rings. The number of nitrogens with one attached hydrogen (secondary N) is 1. The molecule has 1 atom stereocenters. The lowest BCUT2D eigenvalue weighted by Crippen LogP contribution is -2.46. The number of carbonyl (C=O) groups is 2. The Hall–Kier alpha value is -3.70. The summed E-state index contributed by atoms with van der Waals surface area (Å²) in [5.74, 6) is -1.95. The standard InChI is InChI=1S/C21H16F6N4O2/c22-20(23,24)12-5-11(6-13(8-12)21(25,26)27)7-18(32)31-17(19(28)33)9-14-10-29-15-3-1-2-4-16(15)30-14/h1-6,8,10,17H,7,9H2,(H2,28,33)(H,31,32)/t17-/m1/s1. The van der Waals surface area contributed by atoms with Crippen molar-refractivity contribution in [3.8, 4) is 0 Å². The van der Waals surface area contributed by atoms with Crippen molar-refractivity contribution in [2.75, 3.05) is 0 Å². The predicted molar refractivity (Wildman–Crippen MR) is 105 cm³/mol. The lowest BCUT2D eigenvalue weighted by Gasteiger charge is -2.17. The highest BCUT2D eigenvalue weighted by Crippen LogP contribution is 2.36. The molecule has 0 saturated heterocycles. The van der Waals surface area contributed by atoms with Crippen LogP contribution >= 0.6 is 0 Å². The molecule has 0 aliphatic heterocycles. The van der Waals surface area contributed by atoms with E-state index in [0.29, 0.717) is 28.9 Å². The smallest absolute Gasteiger partial charge is 0.368 e. The quantitative estimate of drug-likeness (QED) is 0.540. The zero-order valence-corrected chi connectivity index (χ0v) is 16.7. The maximum absolute atomic E-state index is 13.0. The van der Waals surface area contributed by atoms with Crippen LogP contribution in [0.4, 0.5) is 26.3 Å². The number of hydrogen-bond donors (Lipinski definition) is 2. The van der Waals surface area contributed by atoms with E-state index in [-0.39, 0.29) is 12.5 Å². The third-order valence-corrected chi connectivity index (χ3v) is 4.60. The number of fused-ring (bicyclic) bond motifs is 1. The largest absolute Gasteiger partial charge is 0.416 e. The number of benzene rings is 2. The molecule has 2 aromatic carbocycles. The van der Waals surface area contributed by atoms with Crippen molar-refractivity contribution in [3.05, 3.63) is 71.0 Å². The summed E-state index contributed by atoms with van der Waals surface area (Å²) in [4.78, 5) is 32.6. The second-order valence-corrected chi connectivity index (χ2v) is 7.17. The summed E-state index contributed by atoms with van der Waals surface area (Å²) in [6, 6.07) is 6.41. The Kier molecular flexibility index (Phi) is 6.56. The number of hydrogen-bond acceptors (Lipinski definition) is 4. The minimum absolute atomic E-state index is 0.0357. The molecule has 174 valence electrons. The molecule has 0 aliphatic carbocycles. The van der Waals surface area contributed by atoms with Gasteiger partial charge >= 0.3 is 12.4 Å². The second-order valence-electron chi connectivity index (χ2n) is 7.17. The van der Waals surface area contributed by atoms with Crippen molar-refractivity contribution in [2.45, 2.75) is 31.2 Å². The van der Waals surface area contributed by atoms with Crippen LogP contribution in [0.25, 0.3) is 11.0 Å². The van der Waals surface area contributed by atoms with Crippen molar-refractivity contribution in [2.24, 2.45) is 5.73 Å². The van der Waals surface area contributed by atoms with E-state index in [1.807, 2.05) is 0 Å². The molecule has 33 heavy (non-hydrogen) atoms. The van der Waals surface area contributed by atoms with E-state index in [0.717, 1.165) is 0 Å². The number of alkyl halides is 6. The summed E-state index contributed by atoms with van der Waals surface area (Å²) in [5.41, 5.74) is 3.10. The molecule has 0 unspecified atom stereocenters. The molecule has 3 aromatic rings. The van der Waals surface area contributed by atoms with Crippen LogP contribution in [0.2, 0.25) is 0 Å². The Morgan fingerprint density at radius 3 is 2.06 bits per heavy atom. The van der Waals surface area contributed by atoms with Crippen LogP contribution in [0, 0.1) is 0 Å². The van der Waals surface area contributed by atoms with Gasteiger partial charge in [0.15, 0.2) is 0 Å². The number of nitrogens with two attached hydrogens (primary N) is 1. The van der Waals surface area contributed by atoms with Gasteiger partial charge in [-0.15, -0.1) is 0 Å². The van der Waals surface area contributed by atoms with Crippen LogP contribution < -0.4 is 11.1 Å². The van der Waals surface area contributed by atoms with Gasteiger partial charge in [-0.3, -0.25) is 14.6 Å². The van der Waals surface area contributed by atoms with E-state index in [1.54, 1.807) is 24.3 Å². The van der Waals surface area contributed by atoms with E-state index in [9.17, 15) is 35.9 Å². The maximum Gasteiger partial charge on any atom is 0.416 e. The van der Waals surface area contributed by atoms with Gasteiger partial charge in [-0.1, -0.05) is 12.1 Å². The van der Waals surface area contributed by atoms with E-state index >= 15 is 0 Å². The van der Waals surface area contributed by atoms with Gasteiger partial charge in [0.1, 0.15) is 6.04 Å². The predicted octanol–water partition coefficient (Wildman–Crippen LogP) is 3.42. The van der Waals surface area contributed by atoms with Gasteiger partial charge in [0.25, 0.3) is 0 Å². The van der Waals surface area contributed by atoms with Gasteiger partial charge < -0.3 is 11.1 Å². The topological polar surface area (TPSA) is 98.0 Å². The van der Waals surface area contributed by atoms with Crippen LogP contribution in [0.3, 0.4) is 0 Å². The normalized spacial score (nSPS) is 13.0. The molecule has 3 N–H and O–H groups in total. The fourth-order valence-corrected chi connectivity index (χ4v) is 3.08. The van der Waals surface area contributed by atoms with Crippen molar-refractivity contribution >= 4 is 22.8 Å². The molecular formula is C21H16F6N4O2. The number of nitrogens with zero attached hydrogens (tertiary/aromatic N) is 2. The van der Waals surface area contributed by atoms with E-state index < -0.39 is 53.3 Å². The lowest BCUT2D eigenvalue weighted by molar-refractivity contribution is -0.143. The third-order valence-electron chi connectivity index (χ3n) is 4.60. The number of carbonyl (C=O) groups excluding carboxylic acids is 2. The van der Waals surface area contributed by atoms with Crippen molar-refractivity contribution in [1.29, 1.82) is 0 Å². The first kappa shape index (κ1) is 24.0. The molecule has 1 heterocycles. The SMILES string of the molecule is NC(=O)[C@@H](Cc1cnc2ccccc2n1)NC(=O)Cc1cc(C(F)(F)F)cc(C(F)(F)F)c1. The third kappa shape index (κ3) is 6.18. The molecule has 0 bridgehead atoms. The van der Waals surface area contributed by atoms with Gasteiger partial charge in [-0.25, -0.2) is 4.98 Å². The van der Waals surface area contributed by atoms with Crippen LogP contribution in [0.1, 0.15) is 22.4 Å². The molecule has 1 aromatic heterocycles. The monoisotopic (exact) mass is 470 g/mol. The average Bonchev–Trinajstić information content (AvgIpc) is 2.71. The Bertz CT molecular complexity index is 1160. The molecule has 0 radical (unpaired) electrons. The molecule has 0 aliphatic rings. The van der Waals surface area contributed by atoms with E-state index in [4.69, 9.17) is 5.73 Å². The highest BCUT2D eigenvalue weighted by molar-refractivity contribution is 5.87. The first-order valence-electron chi connectivity index (χ1n) is 9.40. The van der Waals surface area contributed by atoms with Gasteiger partial charge in [-0.2, -0.15) is 26.3 Å². The first-order chi connectivity index (χ1) is 15.3. The van der Waals surface area contributed by atoms with Crippen molar-refractivity contribution < 1.29 is 35.9 Å². The van der Waals surface area contributed by atoms with Gasteiger partial charge in [-0.05, 0) is 35.9 Å². The van der Waals surface area contributed by atoms with Gasteiger partial charge in [0.05, 0.1) is 34.3 Å². The summed E-state index contributed by atoms with van der Waals surface area (Å²) < 4.78 is 78.0. The van der Waals surface area contributed by atoms with Gasteiger partial charge in [0, 0.05) is 12.6 Å². The Morgan fingerprint density at radius 1 is 0.939 bits per heavy atom. The number of amides is 2. The molecule has 0 saturated carbocycles. The number of primary amides is 1. The minimum atomic E-state index is -5.04. The summed E-state index contributed by atoms with van der Waals surface area (Å²) in [7, 11) is 0. The summed E-state index contributed by atoms with van der Waals surface area (Å²) >= 11 is 0. The Balaban J connectivity index is 1.79. The fraction of sp³-hybridized carbons (Fsp3) is 0.238. The molecule has 0 spiro atoms. The fourth-order valence-electron chi connectivity index (χ4n) is 3.08. The Morgan fingerprint density at radius 2 is 1.52 bits per heavy atom. The van der Waals surface area contributed by atoms with Crippen molar-refractivity contribution in [3.63, 3.8) is 0 Å². The van der Waals surface area contributed by atoms with E-state index in [2.05, 4.69) is 15.3 Å². The summed E-state index contributed by atoms with van der Waals surface area (Å²) in [6.45, 7) is 0. The van der Waals surface area contributed by atoms with Gasteiger partial charge in [0.2, 0.25) is 11.8 Å². The molecule has 6 nitrogen and oxygen atoms in total. The number of rotatable bonds is 6. The first-order valence-corrected chi connectivity index (χ1v) is 9.40. The second kappa shape index (κ2) is 9.04. The van der Waals surface area contributed by atoms with Crippen molar-refractivity contribution in [1.82, 2.24) is 15.3 Å². The van der Waals surface area contributed by atoms with Crippen LogP contribution in [-0.2, 0) is 34.8 Å². The van der Waals surface area contributed by atoms with Crippen LogP contribution in [0.15, 0.2) is 48.7 Å². The average molecular weight is 470 g/mol. The van der Waals surface area contributed by atoms with Crippen LogP contribution in [0.5, 0.6) is 0 Å². The zero-order chi connectivity index (χ0) is 24.4. The van der Waals surface area contributed by atoms with Crippen LogP contribution in [-0.4, -0.2) is 27.8 Å². The lowest BCUT2D eigenvalue weighted by atomic mass is 10.0. The van der Waals surface area contributed by atoms with E-state index in [1.165, 1.54) is 6.20 Å². The zero-order valence-electron chi connectivity index (χ0n) is 16.7. The summed E-state index contributed by atoms with van der Waals surface area (Å²) in [6.07, 6.45) is -9.73. The highest BCUT2D eigenvalue weighted by Gasteiger charge is 2.37. The minimum Gasteiger partial charge on any atom is -0.368 e. The number of halogens is 6. The molecule has 2 amide bonds. The molecule has 12 heteroatoms.